The van der Waals surface area contributed by atoms with Gasteiger partial charge in [-0.05, 0) is 80.3 Å². The van der Waals surface area contributed by atoms with Gasteiger partial charge in [-0.1, -0.05) is 70.5 Å². The van der Waals surface area contributed by atoms with Crippen LogP contribution in [-0.2, 0) is 31.4 Å². The van der Waals surface area contributed by atoms with Crippen molar-refractivity contribution < 1.29 is 27.9 Å². The van der Waals surface area contributed by atoms with E-state index in [0.29, 0.717) is 11.6 Å². The second-order valence-electron chi connectivity index (χ2n) is 12.9. The van der Waals surface area contributed by atoms with E-state index in [2.05, 4.69) is 54.5 Å². The van der Waals surface area contributed by atoms with Crippen LogP contribution in [-0.4, -0.2) is 47.7 Å². The van der Waals surface area contributed by atoms with Crippen molar-refractivity contribution in [1.29, 1.82) is 0 Å². The van der Waals surface area contributed by atoms with Gasteiger partial charge < -0.3 is 9.84 Å². The third-order valence-electron chi connectivity index (χ3n) is 7.03. The van der Waals surface area contributed by atoms with Crippen LogP contribution in [0.1, 0.15) is 84.2 Å². The molecule has 2 N–H and O–H groups in total. The normalized spacial score (nSPS) is 13.0. The van der Waals surface area contributed by atoms with Gasteiger partial charge in [-0.15, -0.1) is 0 Å². The first kappa shape index (κ1) is 34.7. The SMILES string of the molecule is CC(C)CCC(C)(C)c1ccc(CC(NS(=O)(=O)c2ccccn2)c2cccc(N(CC(=O)O)C(=O)OC(C)(C)C)n2)cc1. The van der Waals surface area contributed by atoms with Crippen molar-refractivity contribution in [2.45, 2.75) is 89.8 Å². The van der Waals surface area contributed by atoms with E-state index in [1.54, 1.807) is 45.0 Å². The zero-order chi connectivity index (χ0) is 32.7. The summed E-state index contributed by atoms with van der Waals surface area (Å²) in [6, 6.07) is 16.5. The number of aliphatic carboxylic acids is 1. The highest BCUT2D eigenvalue weighted by atomic mass is 32.2. The van der Waals surface area contributed by atoms with Gasteiger partial charge in [0.15, 0.2) is 5.03 Å². The van der Waals surface area contributed by atoms with Crippen molar-refractivity contribution in [3.63, 3.8) is 0 Å². The van der Waals surface area contributed by atoms with Gasteiger partial charge >= 0.3 is 12.1 Å². The molecule has 0 aliphatic carbocycles. The molecular weight excluding hydrogens is 580 g/mol. The van der Waals surface area contributed by atoms with E-state index >= 15 is 0 Å². The van der Waals surface area contributed by atoms with Crippen molar-refractivity contribution in [3.05, 3.63) is 83.7 Å². The lowest BCUT2D eigenvalue weighted by molar-refractivity contribution is -0.135. The molecule has 3 rings (SSSR count). The number of carbonyl (C=O) groups excluding carboxylic acids is 1. The summed E-state index contributed by atoms with van der Waals surface area (Å²) in [7, 11) is -4.07. The number of carboxylic acids is 1. The fourth-order valence-corrected chi connectivity index (χ4v) is 5.71. The van der Waals surface area contributed by atoms with E-state index in [1.165, 1.54) is 23.9 Å². The van der Waals surface area contributed by atoms with Gasteiger partial charge in [0.05, 0.1) is 11.7 Å². The average molecular weight is 625 g/mol. The van der Waals surface area contributed by atoms with Crippen molar-refractivity contribution >= 4 is 27.9 Å². The minimum atomic E-state index is -4.07. The van der Waals surface area contributed by atoms with Crippen LogP contribution in [0.3, 0.4) is 0 Å². The molecule has 0 saturated heterocycles. The molecule has 44 heavy (non-hydrogen) atoms. The first-order valence-electron chi connectivity index (χ1n) is 14.7. The fraction of sp³-hybridized carbons (Fsp3) is 0.455. The smallest absolute Gasteiger partial charge is 0.416 e. The molecule has 2 aromatic heterocycles. The van der Waals surface area contributed by atoms with Crippen molar-refractivity contribution in [1.82, 2.24) is 14.7 Å². The number of nitrogens with one attached hydrogen (secondary N) is 1. The Hall–Kier alpha value is -3.83. The van der Waals surface area contributed by atoms with E-state index in [-0.39, 0.29) is 22.7 Å². The van der Waals surface area contributed by atoms with Gasteiger partial charge in [0.2, 0.25) is 0 Å². The Bertz CT molecular complexity index is 1520. The van der Waals surface area contributed by atoms with Crippen molar-refractivity contribution in [2.24, 2.45) is 5.92 Å². The van der Waals surface area contributed by atoms with Crippen LogP contribution in [0.5, 0.6) is 0 Å². The molecule has 238 valence electrons. The lowest BCUT2D eigenvalue weighted by Crippen LogP contribution is -2.40. The van der Waals surface area contributed by atoms with Crippen LogP contribution in [0, 0.1) is 5.92 Å². The molecule has 1 aromatic carbocycles. The number of hydrogen-bond donors (Lipinski definition) is 2. The monoisotopic (exact) mass is 624 g/mol. The molecule has 10 nitrogen and oxygen atoms in total. The zero-order valence-corrected chi connectivity index (χ0v) is 27.4. The van der Waals surface area contributed by atoms with Gasteiger partial charge in [-0.25, -0.2) is 27.9 Å². The van der Waals surface area contributed by atoms with Crippen molar-refractivity contribution in [3.8, 4) is 0 Å². The number of rotatable bonds is 13. The minimum absolute atomic E-state index is 0.0171. The number of carbonyl (C=O) groups is 2. The Morgan fingerprint density at radius 1 is 0.977 bits per heavy atom. The molecule has 1 atom stereocenters. The Morgan fingerprint density at radius 2 is 1.66 bits per heavy atom. The molecule has 1 amide bonds. The van der Waals surface area contributed by atoms with Gasteiger partial charge in [-0.3, -0.25) is 9.69 Å². The maximum absolute atomic E-state index is 13.4. The molecule has 1 unspecified atom stereocenters. The Morgan fingerprint density at radius 3 is 2.23 bits per heavy atom. The average Bonchev–Trinajstić information content (AvgIpc) is 2.94. The Labute approximate surface area is 260 Å². The molecule has 0 saturated carbocycles. The van der Waals surface area contributed by atoms with Crippen LogP contribution >= 0.6 is 0 Å². The van der Waals surface area contributed by atoms with Gasteiger partial charge in [-0.2, -0.15) is 0 Å². The van der Waals surface area contributed by atoms with Crippen LogP contribution in [0.2, 0.25) is 0 Å². The predicted octanol–water partition coefficient (Wildman–Crippen LogP) is 6.28. The molecule has 0 bridgehead atoms. The topological polar surface area (TPSA) is 139 Å². The van der Waals surface area contributed by atoms with E-state index in [1.807, 2.05) is 12.1 Å². The number of carboxylic acid groups (broad SMARTS) is 1. The summed E-state index contributed by atoms with van der Waals surface area (Å²) in [5.41, 5.74) is 1.45. The van der Waals surface area contributed by atoms with Gasteiger partial charge in [0.1, 0.15) is 18.0 Å². The first-order chi connectivity index (χ1) is 20.5. The van der Waals surface area contributed by atoms with Gasteiger partial charge in [0, 0.05) is 6.20 Å². The Kier molecular flexibility index (Phi) is 11.3. The van der Waals surface area contributed by atoms with E-state index in [0.717, 1.165) is 23.3 Å². The Balaban J connectivity index is 2.00. The quantitative estimate of drug-likeness (QED) is 0.227. The molecule has 2 heterocycles. The van der Waals surface area contributed by atoms with Gasteiger partial charge in [0.25, 0.3) is 10.0 Å². The number of nitrogens with zero attached hydrogens (tertiary/aromatic N) is 3. The van der Waals surface area contributed by atoms with Crippen LogP contribution in [0.4, 0.5) is 10.6 Å². The number of aromatic nitrogens is 2. The van der Waals surface area contributed by atoms with E-state index in [9.17, 15) is 23.1 Å². The predicted molar refractivity (Wildman–Crippen MR) is 170 cm³/mol. The lowest BCUT2D eigenvalue weighted by atomic mass is 9.79. The molecule has 3 aromatic rings. The maximum Gasteiger partial charge on any atom is 0.416 e. The highest BCUT2D eigenvalue weighted by molar-refractivity contribution is 7.89. The number of benzene rings is 1. The number of sulfonamides is 1. The number of ether oxygens (including phenoxy) is 1. The molecule has 11 heteroatoms. The summed E-state index contributed by atoms with van der Waals surface area (Å²) in [5.74, 6) is -0.637. The molecule has 0 aliphatic heterocycles. The van der Waals surface area contributed by atoms with Crippen LogP contribution < -0.4 is 9.62 Å². The number of pyridine rings is 2. The maximum atomic E-state index is 13.4. The van der Waals surface area contributed by atoms with E-state index in [4.69, 9.17) is 4.74 Å². The zero-order valence-electron chi connectivity index (χ0n) is 26.6. The summed E-state index contributed by atoms with van der Waals surface area (Å²) in [6.45, 7) is 13.2. The third-order valence-corrected chi connectivity index (χ3v) is 8.42. The van der Waals surface area contributed by atoms with Crippen molar-refractivity contribution in [2.75, 3.05) is 11.4 Å². The summed E-state index contributed by atoms with van der Waals surface area (Å²) >= 11 is 0. The van der Waals surface area contributed by atoms with Crippen LogP contribution in [0.15, 0.2) is 71.9 Å². The second kappa shape index (κ2) is 14.3. The molecule has 0 fully saturated rings. The standard InChI is InChI=1S/C33H44N4O6S/c1-23(2)18-19-33(6,7)25-16-14-24(15-17-25)21-27(36-44(41,42)29-13-8-9-20-34-29)26-11-10-12-28(35-26)37(22-30(38)39)31(40)43-32(3,4)5/h8-17,20,23,27,36H,18-19,21-22H2,1-7H3,(H,38,39). The molecule has 0 aliphatic rings. The summed E-state index contributed by atoms with van der Waals surface area (Å²) in [6.07, 6.45) is 2.90. The van der Waals surface area contributed by atoms with Crippen LogP contribution in [0.25, 0.3) is 0 Å². The largest absolute Gasteiger partial charge is 0.480 e. The molecule has 0 spiro atoms. The highest BCUT2D eigenvalue weighted by Crippen LogP contribution is 2.31. The summed E-state index contributed by atoms with van der Waals surface area (Å²) in [5, 5.41) is 9.36. The number of anilines is 1. The first-order valence-corrected chi connectivity index (χ1v) is 16.2. The highest BCUT2D eigenvalue weighted by Gasteiger charge is 2.29. The third kappa shape index (κ3) is 10.1. The summed E-state index contributed by atoms with van der Waals surface area (Å²) in [4.78, 5) is 34.1. The minimum Gasteiger partial charge on any atom is -0.480 e. The second-order valence-corrected chi connectivity index (χ2v) is 14.6. The lowest BCUT2D eigenvalue weighted by Gasteiger charge is -2.27. The van der Waals surface area contributed by atoms with E-state index < -0.39 is 40.3 Å². The number of amides is 1. The molecular formula is C33H44N4O6S. The molecule has 0 radical (unpaired) electrons. The number of hydrogen-bond acceptors (Lipinski definition) is 7. The summed E-state index contributed by atoms with van der Waals surface area (Å²) < 4.78 is 34.9. The fourth-order valence-electron chi connectivity index (χ4n) is 4.56.